The van der Waals surface area contributed by atoms with Crippen LogP contribution in [0.5, 0.6) is 0 Å². The van der Waals surface area contributed by atoms with Crippen LogP contribution in [0, 0.1) is 11.3 Å². The zero-order chi connectivity index (χ0) is 11.1. The summed E-state index contributed by atoms with van der Waals surface area (Å²) >= 11 is 1.96. The van der Waals surface area contributed by atoms with Gasteiger partial charge in [0.2, 0.25) is 0 Å². The third kappa shape index (κ3) is 4.75. The molecule has 1 N–H and O–H groups in total. The van der Waals surface area contributed by atoms with Gasteiger partial charge >= 0.3 is 0 Å². The highest BCUT2D eigenvalue weighted by Gasteiger charge is 2.40. The monoisotopic (exact) mass is 231 g/mol. The number of ether oxygens (including phenoxy) is 1. The first-order chi connectivity index (χ1) is 7.23. The lowest BCUT2D eigenvalue weighted by atomic mass is 9.82. The van der Waals surface area contributed by atoms with Crippen LogP contribution in [0.4, 0.5) is 0 Å². The van der Waals surface area contributed by atoms with Crippen molar-refractivity contribution in [3.8, 4) is 0 Å². The van der Waals surface area contributed by atoms with E-state index in [1.807, 2.05) is 11.8 Å². The van der Waals surface area contributed by atoms with E-state index in [1.54, 1.807) is 7.11 Å². The summed E-state index contributed by atoms with van der Waals surface area (Å²) in [7, 11) is 1.76. The summed E-state index contributed by atoms with van der Waals surface area (Å²) in [5, 5.41) is 3.52. The first-order valence-electron chi connectivity index (χ1n) is 5.91. The topological polar surface area (TPSA) is 21.3 Å². The maximum absolute atomic E-state index is 5.05. The van der Waals surface area contributed by atoms with Crippen LogP contribution in [-0.2, 0) is 4.74 Å². The predicted octanol–water partition coefficient (Wildman–Crippen LogP) is 2.39. The molecule has 0 aromatic carbocycles. The van der Waals surface area contributed by atoms with Gasteiger partial charge < -0.3 is 10.1 Å². The van der Waals surface area contributed by atoms with Gasteiger partial charge in [0.15, 0.2) is 0 Å². The molecule has 1 rings (SSSR count). The molecule has 90 valence electrons. The fourth-order valence-corrected chi connectivity index (χ4v) is 2.77. The average molecular weight is 231 g/mol. The van der Waals surface area contributed by atoms with Crippen molar-refractivity contribution in [2.75, 3.05) is 38.8 Å². The smallest absolute Gasteiger partial charge is 0.0587 e. The van der Waals surface area contributed by atoms with Crippen molar-refractivity contribution in [3.63, 3.8) is 0 Å². The van der Waals surface area contributed by atoms with Crippen LogP contribution >= 0.6 is 11.8 Å². The predicted molar refractivity (Wildman–Crippen MR) is 68.6 cm³/mol. The Morgan fingerprint density at radius 1 is 1.47 bits per heavy atom. The molecule has 0 radical (unpaired) electrons. The molecule has 0 amide bonds. The van der Waals surface area contributed by atoms with Gasteiger partial charge in [-0.2, -0.15) is 11.8 Å². The molecule has 1 aliphatic rings. The minimum atomic E-state index is 0.525. The summed E-state index contributed by atoms with van der Waals surface area (Å²) in [6.07, 6.45) is 6.43. The number of methoxy groups -OCH3 is 1. The molecule has 0 heterocycles. The summed E-state index contributed by atoms with van der Waals surface area (Å²) in [5.74, 6) is 2.26. The zero-order valence-electron chi connectivity index (χ0n) is 10.3. The van der Waals surface area contributed by atoms with Crippen LogP contribution in [-0.4, -0.2) is 38.8 Å². The molecule has 1 atom stereocenters. The molecule has 1 fully saturated rings. The minimum Gasteiger partial charge on any atom is -0.383 e. The summed E-state index contributed by atoms with van der Waals surface area (Å²) in [5.41, 5.74) is 0.525. The lowest BCUT2D eigenvalue weighted by Crippen LogP contribution is -2.35. The molecule has 0 aromatic rings. The lowest BCUT2D eigenvalue weighted by molar-refractivity contribution is 0.186. The Kier molecular flexibility index (Phi) is 6.02. The Morgan fingerprint density at radius 2 is 2.20 bits per heavy atom. The normalized spacial score (nSPS) is 20.2. The van der Waals surface area contributed by atoms with Gasteiger partial charge in [-0.3, -0.25) is 0 Å². The number of thioether (sulfide) groups is 1. The zero-order valence-corrected chi connectivity index (χ0v) is 11.2. The first kappa shape index (κ1) is 13.3. The molecule has 1 saturated carbocycles. The Balaban J connectivity index is 2.22. The molecule has 2 nitrogen and oxygen atoms in total. The van der Waals surface area contributed by atoms with Gasteiger partial charge in [-0.1, -0.05) is 6.92 Å². The van der Waals surface area contributed by atoms with E-state index in [9.17, 15) is 0 Å². The number of rotatable bonds is 9. The van der Waals surface area contributed by atoms with Crippen LogP contribution in [0.3, 0.4) is 0 Å². The maximum atomic E-state index is 5.05. The molecule has 0 aromatic heterocycles. The van der Waals surface area contributed by atoms with E-state index < -0.39 is 0 Å². The highest BCUT2D eigenvalue weighted by molar-refractivity contribution is 7.98. The summed E-state index contributed by atoms with van der Waals surface area (Å²) in [6, 6.07) is 0. The van der Waals surface area contributed by atoms with Crippen molar-refractivity contribution in [1.29, 1.82) is 0 Å². The molecule has 0 aliphatic heterocycles. The van der Waals surface area contributed by atoms with Crippen LogP contribution in [0.15, 0.2) is 0 Å². The van der Waals surface area contributed by atoms with Gasteiger partial charge in [-0.25, -0.2) is 0 Å². The van der Waals surface area contributed by atoms with E-state index in [4.69, 9.17) is 4.74 Å². The standard InChI is InChI=1S/C12H25NOS/c1-12(6-9-15-3,11-4-5-11)10-13-7-8-14-2/h11,13H,4-10H2,1-3H3. The maximum Gasteiger partial charge on any atom is 0.0587 e. The number of hydrogen-bond donors (Lipinski definition) is 1. The van der Waals surface area contributed by atoms with Gasteiger partial charge in [0, 0.05) is 20.2 Å². The molecule has 0 spiro atoms. The summed E-state index contributed by atoms with van der Waals surface area (Å²) < 4.78 is 5.05. The lowest BCUT2D eigenvalue weighted by Gasteiger charge is -2.30. The van der Waals surface area contributed by atoms with E-state index >= 15 is 0 Å². The van der Waals surface area contributed by atoms with Crippen molar-refractivity contribution < 1.29 is 4.74 Å². The highest BCUT2D eigenvalue weighted by atomic mass is 32.2. The van der Waals surface area contributed by atoms with Crippen molar-refractivity contribution in [2.45, 2.75) is 26.2 Å². The second-order valence-corrected chi connectivity index (χ2v) is 5.83. The van der Waals surface area contributed by atoms with Gasteiger partial charge in [0.1, 0.15) is 0 Å². The molecule has 0 bridgehead atoms. The van der Waals surface area contributed by atoms with Crippen LogP contribution in [0.25, 0.3) is 0 Å². The third-order valence-corrected chi connectivity index (χ3v) is 4.06. The van der Waals surface area contributed by atoms with E-state index in [0.29, 0.717) is 5.41 Å². The number of nitrogens with one attached hydrogen (secondary N) is 1. The third-order valence-electron chi connectivity index (χ3n) is 3.45. The summed E-state index contributed by atoms with van der Waals surface area (Å²) in [4.78, 5) is 0. The second kappa shape index (κ2) is 6.77. The largest absolute Gasteiger partial charge is 0.383 e. The van der Waals surface area contributed by atoms with Crippen LogP contribution < -0.4 is 5.32 Å². The van der Waals surface area contributed by atoms with E-state index in [1.165, 1.54) is 25.0 Å². The summed E-state index contributed by atoms with van der Waals surface area (Å²) in [6.45, 7) is 5.41. The Labute approximate surface area is 98.5 Å². The average Bonchev–Trinajstić information content (AvgIpc) is 3.05. The van der Waals surface area contributed by atoms with Crippen molar-refractivity contribution in [2.24, 2.45) is 11.3 Å². The second-order valence-electron chi connectivity index (χ2n) is 4.84. The molecule has 1 aliphatic carbocycles. The van der Waals surface area contributed by atoms with Crippen molar-refractivity contribution in [3.05, 3.63) is 0 Å². The van der Waals surface area contributed by atoms with Crippen molar-refractivity contribution in [1.82, 2.24) is 5.32 Å². The highest BCUT2D eigenvalue weighted by Crippen LogP contribution is 2.47. The molecule has 3 heteroatoms. The Hall–Kier alpha value is 0.270. The van der Waals surface area contributed by atoms with E-state index in [-0.39, 0.29) is 0 Å². The van der Waals surface area contributed by atoms with Crippen LogP contribution in [0.1, 0.15) is 26.2 Å². The van der Waals surface area contributed by atoms with E-state index in [0.717, 1.165) is 25.6 Å². The molecule has 15 heavy (non-hydrogen) atoms. The minimum absolute atomic E-state index is 0.525. The Morgan fingerprint density at radius 3 is 2.73 bits per heavy atom. The van der Waals surface area contributed by atoms with Gasteiger partial charge in [0.25, 0.3) is 0 Å². The van der Waals surface area contributed by atoms with Gasteiger partial charge in [-0.05, 0) is 42.6 Å². The first-order valence-corrected chi connectivity index (χ1v) is 7.31. The molecular weight excluding hydrogens is 206 g/mol. The fraction of sp³-hybridized carbons (Fsp3) is 1.00. The quantitative estimate of drug-likeness (QED) is 0.616. The molecular formula is C12H25NOS. The Bertz CT molecular complexity index is 173. The SMILES string of the molecule is COCCNCC(C)(CCSC)C1CC1. The van der Waals surface area contributed by atoms with Crippen LogP contribution in [0.2, 0.25) is 0 Å². The fourth-order valence-electron chi connectivity index (χ4n) is 2.10. The number of hydrogen-bond acceptors (Lipinski definition) is 3. The van der Waals surface area contributed by atoms with E-state index in [2.05, 4.69) is 18.5 Å². The molecule has 1 unspecified atom stereocenters. The van der Waals surface area contributed by atoms with Gasteiger partial charge in [0.05, 0.1) is 6.61 Å². The van der Waals surface area contributed by atoms with Gasteiger partial charge in [-0.15, -0.1) is 0 Å². The van der Waals surface area contributed by atoms with Crippen molar-refractivity contribution >= 4 is 11.8 Å². The molecule has 0 saturated heterocycles.